The molecule has 6 heteroatoms. The van der Waals surface area contributed by atoms with Gasteiger partial charge in [0, 0.05) is 6.04 Å². The molecule has 124 valence electrons. The van der Waals surface area contributed by atoms with Crippen LogP contribution in [0.4, 0.5) is 0 Å². The molecule has 2 rings (SSSR count). The molecule has 0 aromatic heterocycles. The molecule has 2 N–H and O–H groups in total. The average Bonchev–Trinajstić information content (AvgIpc) is 2.46. The van der Waals surface area contributed by atoms with Gasteiger partial charge in [-0.25, -0.2) is 0 Å². The molecule has 1 fully saturated rings. The molecule has 1 aliphatic carbocycles. The Labute approximate surface area is 132 Å². The molecule has 1 saturated carbocycles. The van der Waals surface area contributed by atoms with Crippen LogP contribution in [0.2, 0.25) is 0 Å². The lowest BCUT2D eigenvalue weighted by atomic mass is 9.79. The molecular weight excluding hydrogens is 302 g/mol. The van der Waals surface area contributed by atoms with Gasteiger partial charge < -0.3 is 10.5 Å². The Morgan fingerprint density at radius 2 is 1.77 bits per heavy atom. The van der Waals surface area contributed by atoms with Crippen LogP contribution in [0.25, 0.3) is 0 Å². The number of rotatable bonds is 6. The highest BCUT2D eigenvalue weighted by atomic mass is 32.2. The summed E-state index contributed by atoms with van der Waals surface area (Å²) in [5, 5.41) is 0. The van der Waals surface area contributed by atoms with E-state index in [2.05, 4.69) is 0 Å². The highest BCUT2D eigenvalue weighted by Gasteiger charge is 2.38. The summed E-state index contributed by atoms with van der Waals surface area (Å²) in [5.41, 5.74) is 6.61. The summed E-state index contributed by atoms with van der Waals surface area (Å²) in [6.07, 6.45) is 6.17. The third kappa shape index (κ3) is 4.69. The quantitative estimate of drug-likeness (QED) is 0.813. The topological polar surface area (TPSA) is 78.6 Å². The van der Waals surface area contributed by atoms with Crippen LogP contribution in [0.1, 0.15) is 50.1 Å². The maximum Gasteiger partial charge on any atom is 0.264 e. The first-order chi connectivity index (χ1) is 10.3. The lowest BCUT2D eigenvalue weighted by molar-refractivity contribution is 0.0232. The Morgan fingerprint density at radius 3 is 2.27 bits per heavy atom. The number of hydrogen-bond donors (Lipinski definition) is 1. The fraction of sp³-hybridized carbons (Fsp3) is 0.625. The van der Waals surface area contributed by atoms with Crippen molar-refractivity contribution < 1.29 is 17.3 Å². The lowest BCUT2D eigenvalue weighted by Crippen LogP contribution is -2.40. The maximum atomic E-state index is 11.6. The van der Waals surface area contributed by atoms with Crippen LogP contribution in [0.15, 0.2) is 24.3 Å². The molecule has 0 bridgehead atoms. The zero-order valence-electron chi connectivity index (χ0n) is 13.2. The van der Waals surface area contributed by atoms with Gasteiger partial charge in [0.15, 0.2) is 0 Å². The second-order valence-corrected chi connectivity index (χ2v) is 7.69. The predicted octanol–water partition coefficient (Wildman–Crippen LogP) is 2.76. The van der Waals surface area contributed by atoms with Gasteiger partial charge in [0.05, 0.1) is 19.0 Å². The van der Waals surface area contributed by atoms with Crippen LogP contribution in [0, 0.1) is 0 Å². The van der Waals surface area contributed by atoms with E-state index in [0.29, 0.717) is 6.42 Å². The van der Waals surface area contributed by atoms with Crippen molar-refractivity contribution in [2.24, 2.45) is 5.73 Å². The van der Waals surface area contributed by atoms with Gasteiger partial charge in [0.25, 0.3) is 10.1 Å². The van der Waals surface area contributed by atoms with E-state index >= 15 is 0 Å². The molecule has 0 spiro atoms. The van der Waals surface area contributed by atoms with Crippen LogP contribution in [-0.4, -0.2) is 27.4 Å². The molecular formula is C16H25NO4S. The fourth-order valence-electron chi connectivity index (χ4n) is 3.21. The lowest BCUT2D eigenvalue weighted by Gasteiger charge is -2.37. The first-order valence-electron chi connectivity index (χ1n) is 7.64. The van der Waals surface area contributed by atoms with E-state index in [1.165, 1.54) is 0 Å². The largest absolute Gasteiger partial charge is 0.497 e. The van der Waals surface area contributed by atoms with Crippen molar-refractivity contribution >= 4 is 10.1 Å². The van der Waals surface area contributed by atoms with Crippen molar-refractivity contribution in [2.45, 2.75) is 50.2 Å². The summed E-state index contributed by atoms with van der Waals surface area (Å²) in [5.74, 6) is 0.774. The van der Waals surface area contributed by atoms with Crippen molar-refractivity contribution in [3.05, 3.63) is 29.8 Å². The molecule has 1 atom stereocenters. The first-order valence-corrected chi connectivity index (χ1v) is 9.45. The standard InChI is InChI=1S/C16H25NO4S/c1-20-14-8-6-13(7-9-14)15(17)12-16(21-22(2,18)19)10-4-3-5-11-16/h6-9,15H,3-5,10-12,17H2,1-2H3. The Kier molecular flexibility index (Phi) is 5.47. The van der Waals surface area contributed by atoms with Crippen LogP contribution in [-0.2, 0) is 14.3 Å². The summed E-state index contributed by atoms with van der Waals surface area (Å²) in [6, 6.07) is 7.30. The van der Waals surface area contributed by atoms with Gasteiger partial charge in [-0.3, -0.25) is 4.18 Å². The van der Waals surface area contributed by atoms with Crippen molar-refractivity contribution in [1.29, 1.82) is 0 Å². The van der Waals surface area contributed by atoms with Crippen molar-refractivity contribution in [3.63, 3.8) is 0 Å². The van der Waals surface area contributed by atoms with Crippen LogP contribution in [0.5, 0.6) is 5.75 Å². The molecule has 1 aromatic rings. The number of nitrogens with two attached hydrogens (primary N) is 1. The Balaban J connectivity index is 2.14. The van der Waals surface area contributed by atoms with E-state index in [1.807, 2.05) is 24.3 Å². The molecule has 1 aromatic carbocycles. The molecule has 1 unspecified atom stereocenters. The fourth-order valence-corrected chi connectivity index (χ4v) is 4.09. The summed E-state index contributed by atoms with van der Waals surface area (Å²) in [4.78, 5) is 0. The molecule has 22 heavy (non-hydrogen) atoms. The van der Waals surface area contributed by atoms with E-state index in [-0.39, 0.29) is 6.04 Å². The van der Waals surface area contributed by atoms with Crippen LogP contribution in [0.3, 0.4) is 0 Å². The number of ether oxygens (including phenoxy) is 1. The van der Waals surface area contributed by atoms with E-state index in [0.717, 1.165) is 49.7 Å². The highest BCUT2D eigenvalue weighted by molar-refractivity contribution is 7.86. The van der Waals surface area contributed by atoms with Gasteiger partial charge in [-0.05, 0) is 37.0 Å². The van der Waals surface area contributed by atoms with Crippen LogP contribution < -0.4 is 10.5 Å². The zero-order chi connectivity index (χ0) is 16.2. The average molecular weight is 327 g/mol. The Morgan fingerprint density at radius 1 is 1.18 bits per heavy atom. The summed E-state index contributed by atoms with van der Waals surface area (Å²) < 4.78 is 33.9. The SMILES string of the molecule is COc1ccc(C(N)CC2(OS(C)(=O)=O)CCCCC2)cc1. The third-order valence-electron chi connectivity index (χ3n) is 4.23. The minimum absolute atomic E-state index is 0.259. The highest BCUT2D eigenvalue weighted by Crippen LogP contribution is 2.39. The zero-order valence-corrected chi connectivity index (χ0v) is 14.1. The summed E-state index contributed by atoms with van der Waals surface area (Å²) >= 11 is 0. The molecule has 0 radical (unpaired) electrons. The monoisotopic (exact) mass is 327 g/mol. The Hall–Kier alpha value is -1.11. The molecule has 0 aliphatic heterocycles. The minimum Gasteiger partial charge on any atom is -0.497 e. The van der Waals surface area contributed by atoms with Crippen molar-refractivity contribution in [2.75, 3.05) is 13.4 Å². The first kappa shape index (κ1) is 17.2. The normalized spacial score (nSPS) is 19.6. The second kappa shape index (κ2) is 6.98. The number of hydrogen-bond acceptors (Lipinski definition) is 5. The molecule has 0 saturated heterocycles. The van der Waals surface area contributed by atoms with Gasteiger partial charge in [0.2, 0.25) is 0 Å². The smallest absolute Gasteiger partial charge is 0.264 e. The van der Waals surface area contributed by atoms with Crippen LogP contribution >= 0.6 is 0 Å². The minimum atomic E-state index is -3.50. The molecule has 1 aliphatic rings. The van der Waals surface area contributed by atoms with Gasteiger partial charge >= 0.3 is 0 Å². The van der Waals surface area contributed by atoms with Crippen molar-refractivity contribution in [3.8, 4) is 5.75 Å². The van der Waals surface area contributed by atoms with Gasteiger partial charge in [-0.2, -0.15) is 8.42 Å². The van der Waals surface area contributed by atoms with Gasteiger partial charge in [0.1, 0.15) is 5.75 Å². The molecule has 0 heterocycles. The van der Waals surface area contributed by atoms with E-state index in [4.69, 9.17) is 14.7 Å². The van der Waals surface area contributed by atoms with E-state index < -0.39 is 15.7 Å². The number of benzene rings is 1. The predicted molar refractivity (Wildman–Crippen MR) is 86.3 cm³/mol. The molecule has 0 amide bonds. The van der Waals surface area contributed by atoms with E-state index in [1.54, 1.807) is 7.11 Å². The number of methoxy groups -OCH3 is 1. The summed E-state index contributed by atoms with van der Waals surface area (Å²) in [6.45, 7) is 0. The van der Waals surface area contributed by atoms with Gasteiger partial charge in [-0.1, -0.05) is 31.4 Å². The Bertz CT molecular complexity index is 577. The third-order valence-corrected chi connectivity index (χ3v) is 4.89. The summed E-state index contributed by atoms with van der Waals surface area (Å²) in [7, 11) is -1.88. The maximum absolute atomic E-state index is 11.6. The van der Waals surface area contributed by atoms with E-state index in [9.17, 15) is 8.42 Å². The second-order valence-electron chi connectivity index (χ2n) is 6.11. The van der Waals surface area contributed by atoms with Gasteiger partial charge in [-0.15, -0.1) is 0 Å². The van der Waals surface area contributed by atoms with Crippen molar-refractivity contribution in [1.82, 2.24) is 0 Å². The molecule has 5 nitrogen and oxygen atoms in total.